The van der Waals surface area contributed by atoms with Crippen molar-refractivity contribution in [2.24, 2.45) is 5.41 Å². The largest absolute Gasteiger partial charge is 0.383 e. The molecule has 1 fully saturated rings. The van der Waals surface area contributed by atoms with Gasteiger partial charge in [0.25, 0.3) is 0 Å². The number of pyridine rings is 2. The summed E-state index contributed by atoms with van der Waals surface area (Å²) in [7, 11) is 3.42. The topological polar surface area (TPSA) is 148 Å². The van der Waals surface area contributed by atoms with Gasteiger partial charge in [-0.2, -0.15) is 14.9 Å². The van der Waals surface area contributed by atoms with Gasteiger partial charge in [0.15, 0.2) is 0 Å². The molecule has 0 radical (unpaired) electrons. The average Bonchev–Trinajstić information content (AvgIpc) is 3.62. The highest BCUT2D eigenvalue weighted by Gasteiger charge is 2.54. The summed E-state index contributed by atoms with van der Waals surface area (Å²) in [5, 5.41) is 36.1. The van der Waals surface area contributed by atoms with Gasteiger partial charge in [0, 0.05) is 49.2 Å². The molecule has 3 aromatic heterocycles. The third kappa shape index (κ3) is 5.69. The van der Waals surface area contributed by atoms with Crippen LogP contribution < -0.4 is 10.6 Å². The monoisotopic (exact) mass is 580 g/mol. The predicted molar refractivity (Wildman–Crippen MR) is 159 cm³/mol. The molecule has 1 aliphatic carbocycles. The molecule has 43 heavy (non-hydrogen) atoms. The van der Waals surface area contributed by atoms with Crippen LogP contribution in [-0.4, -0.2) is 56.4 Å². The van der Waals surface area contributed by atoms with E-state index >= 15 is 0 Å². The maximum absolute atomic E-state index is 14.0. The molecule has 1 aromatic carbocycles. The van der Waals surface area contributed by atoms with Gasteiger partial charge in [-0.3, -0.25) is 9.78 Å². The van der Waals surface area contributed by atoms with Crippen LogP contribution in [0, 0.1) is 40.9 Å². The average molecular weight is 581 g/mol. The number of nitriles is 2. The minimum absolute atomic E-state index is 0.0580. The number of fused-ring (bicyclic) bond motifs is 1. The third-order valence-electron chi connectivity index (χ3n) is 7.50. The van der Waals surface area contributed by atoms with E-state index in [4.69, 9.17) is 0 Å². The first-order chi connectivity index (χ1) is 20.4. The van der Waals surface area contributed by atoms with Crippen molar-refractivity contribution in [3.8, 4) is 12.1 Å². The molecule has 220 valence electrons. The highest BCUT2D eigenvalue weighted by atomic mass is 19.1. The van der Waals surface area contributed by atoms with Crippen LogP contribution >= 0.6 is 0 Å². The fourth-order valence-corrected chi connectivity index (χ4v) is 5.12. The molecule has 11 nitrogen and oxygen atoms in total. The summed E-state index contributed by atoms with van der Waals surface area (Å²) in [6, 6.07) is 10.2. The van der Waals surface area contributed by atoms with E-state index < -0.39 is 17.5 Å². The van der Waals surface area contributed by atoms with Crippen molar-refractivity contribution in [1.82, 2.24) is 29.9 Å². The highest BCUT2D eigenvalue weighted by molar-refractivity contribution is 5.99. The summed E-state index contributed by atoms with van der Waals surface area (Å²) in [4.78, 5) is 23.0. The van der Waals surface area contributed by atoms with E-state index in [2.05, 4.69) is 63.8 Å². The molecule has 4 aromatic rings. The van der Waals surface area contributed by atoms with Crippen molar-refractivity contribution in [1.29, 1.82) is 10.5 Å². The van der Waals surface area contributed by atoms with E-state index in [1.807, 2.05) is 6.07 Å². The van der Waals surface area contributed by atoms with Crippen LogP contribution in [0.1, 0.15) is 67.7 Å². The van der Waals surface area contributed by atoms with Crippen molar-refractivity contribution < 1.29 is 9.18 Å². The number of likely N-dealkylation sites (N-methyl/N-ethyl adjacent to an activating group) is 1. The molecule has 0 spiro atoms. The van der Waals surface area contributed by atoms with Crippen LogP contribution in [0.2, 0.25) is 0 Å². The van der Waals surface area contributed by atoms with E-state index in [0.717, 1.165) is 0 Å². The molecule has 1 atom stereocenters. The van der Waals surface area contributed by atoms with Crippen molar-refractivity contribution in [3.05, 3.63) is 70.7 Å². The summed E-state index contributed by atoms with van der Waals surface area (Å²) in [5.74, 6) is -0.670. The number of hydrogen-bond donors (Lipinski definition) is 2. The van der Waals surface area contributed by atoms with Gasteiger partial charge < -0.3 is 15.5 Å². The molecule has 1 saturated carbocycles. The number of aryl methyl sites for hydroxylation is 1. The Labute approximate surface area is 249 Å². The fourth-order valence-electron chi connectivity index (χ4n) is 5.12. The lowest BCUT2D eigenvalue weighted by molar-refractivity contribution is -0.134. The van der Waals surface area contributed by atoms with Gasteiger partial charge in [-0.25, -0.2) is 9.67 Å². The number of amides is 1. The second kappa shape index (κ2) is 11.0. The van der Waals surface area contributed by atoms with Gasteiger partial charge in [-0.15, -0.1) is 5.10 Å². The molecule has 3 heterocycles. The molecule has 5 rings (SSSR count). The maximum Gasteiger partial charge on any atom is 0.250 e. The normalized spacial score (nSPS) is 14.4. The van der Waals surface area contributed by atoms with Gasteiger partial charge in [0.1, 0.15) is 23.4 Å². The first-order valence-corrected chi connectivity index (χ1v) is 13.9. The Bertz CT molecular complexity index is 1800. The molecule has 1 aliphatic rings. The van der Waals surface area contributed by atoms with Crippen molar-refractivity contribution in [2.45, 2.75) is 52.1 Å². The van der Waals surface area contributed by atoms with E-state index in [1.165, 1.54) is 12.3 Å². The lowest BCUT2D eigenvalue weighted by Gasteiger charge is -2.23. The number of aromatic nitrogens is 5. The standard InChI is InChI=1S/C31H33FN10O/c1-18-22(7-8-25(32)37-18)28(24-16-42(40-39-24)31(9-10-31)29(43)41(5)6)38-21-11-19(13-33)26-23(12-21)27(20(14-34)15-35-26)36-17-30(2,3)4/h7-8,11-12,15-16,28,38H,9-10,17H2,1-6H3,(H,35,36)/t28-/m0/s1. The fraction of sp³-hybridized carbons (Fsp3) is 0.387. The van der Waals surface area contributed by atoms with E-state index in [0.29, 0.717) is 69.7 Å². The number of benzene rings is 1. The molecule has 0 aliphatic heterocycles. The Hall–Kier alpha value is -5.10. The Morgan fingerprint density at radius 2 is 1.91 bits per heavy atom. The summed E-state index contributed by atoms with van der Waals surface area (Å²) in [6.45, 7) is 8.53. The van der Waals surface area contributed by atoms with Gasteiger partial charge in [0.05, 0.1) is 34.6 Å². The van der Waals surface area contributed by atoms with Crippen LogP contribution in [0.25, 0.3) is 10.9 Å². The summed E-state index contributed by atoms with van der Waals surface area (Å²) in [6.07, 6.45) is 4.50. The summed E-state index contributed by atoms with van der Waals surface area (Å²) >= 11 is 0. The number of anilines is 2. The molecule has 12 heteroatoms. The molecule has 0 unspecified atom stereocenters. The lowest BCUT2D eigenvalue weighted by atomic mass is 9.96. The first-order valence-electron chi connectivity index (χ1n) is 13.9. The van der Waals surface area contributed by atoms with Crippen molar-refractivity contribution >= 4 is 28.2 Å². The number of hydrogen-bond acceptors (Lipinski definition) is 9. The first kappa shape index (κ1) is 29.4. The van der Waals surface area contributed by atoms with Gasteiger partial charge in [-0.1, -0.05) is 32.1 Å². The van der Waals surface area contributed by atoms with E-state index in [9.17, 15) is 19.7 Å². The third-order valence-corrected chi connectivity index (χ3v) is 7.50. The van der Waals surface area contributed by atoms with Crippen LogP contribution in [-0.2, 0) is 10.3 Å². The Morgan fingerprint density at radius 1 is 1.19 bits per heavy atom. The maximum atomic E-state index is 14.0. The molecular formula is C31H33FN10O. The Balaban J connectivity index is 1.63. The number of carbonyl (C=O) groups is 1. The van der Waals surface area contributed by atoms with Gasteiger partial charge in [0.2, 0.25) is 11.9 Å². The second-order valence-electron chi connectivity index (χ2n) is 12.3. The van der Waals surface area contributed by atoms with Crippen LogP contribution in [0.5, 0.6) is 0 Å². The SMILES string of the molecule is Cc1nc(F)ccc1[C@H](Nc1cc(C#N)c2ncc(C#N)c(NCC(C)(C)C)c2c1)c1cn(C2(C(=O)N(C)C)CC2)nn1. The predicted octanol–water partition coefficient (Wildman–Crippen LogP) is 4.65. The zero-order valence-electron chi connectivity index (χ0n) is 25.0. The number of halogens is 1. The number of rotatable bonds is 8. The van der Waals surface area contributed by atoms with E-state index in [-0.39, 0.29) is 11.3 Å². The van der Waals surface area contributed by atoms with Crippen LogP contribution in [0.3, 0.4) is 0 Å². The lowest BCUT2D eigenvalue weighted by Crippen LogP contribution is -2.38. The molecule has 0 saturated heterocycles. The number of carbonyl (C=O) groups excluding carboxylic acids is 1. The van der Waals surface area contributed by atoms with Crippen LogP contribution in [0.15, 0.2) is 36.7 Å². The minimum Gasteiger partial charge on any atom is -0.383 e. The van der Waals surface area contributed by atoms with Crippen LogP contribution in [0.4, 0.5) is 15.8 Å². The van der Waals surface area contributed by atoms with Gasteiger partial charge >= 0.3 is 0 Å². The van der Waals surface area contributed by atoms with Crippen molar-refractivity contribution in [3.63, 3.8) is 0 Å². The number of nitrogens with one attached hydrogen (secondary N) is 2. The minimum atomic E-state index is -0.778. The van der Waals surface area contributed by atoms with Gasteiger partial charge in [-0.05, 0) is 43.4 Å². The highest BCUT2D eigenvalue weighted by Crippen LogP contribution is 2.45. The molecule has 1 amide bonds. The smallest absolute Gasteiger partial charge is 0.250 e. The van der Waals surface area contributed by atoms with Crippen molar-refractivity contribution in [2.75, 3.05) is 31.3 Å². The molecule has 2 N–H and O–H groups in total. The summed E-state index contributed by atoms with van der Waals surface area (Å²) < 4.78 is 15.6. The zero-order valence-corrected chi connectivity index (χ0v) is 25.0. The molecular weight excluding hydrogens is 547 g/mol. The summed E-state index contributed by atoms with van der Waals surface area (Å²) in [5.41, 5.74) is 2.99. The Kier molecular flexibility index (Phi) is 7.49. The quantitative estimate of drug-likeness (QED) is 0.284. The second-order valence-corrected chi connectivity index (χ2v) is 12.3. The van der Waals surface area contributed by atoms with E-state index in [1.54, 1.807) is 48.9 Å². The molecule has 0 bridgehead atoms. The number of nitrogens with zero attached hydrogens (tertiary/aromatic N) is 8. The zero-order chi connectivity index (χ0) is 31.1. The Morgan fingerprint density at radius 3 is 2.51 bits per heavy atom.